The fraction of sp³-hybridized carbons (Fsp3) is 0.235. The summed E-state index contributed by atoms with van der Waals surface area (Å²) < 4.78 is 5.35. The Kier molecular flexibility index (Phi) is 5.02. The Morgan fingerprint density at radius 3 is 2.38 bits per heavy atom. The van der Waals surface area contributed by atoms with Crippen LogP contribution in [0.3, 0.4) is 0 Å². The van der Waals surface area contributed by atoms with Gasteiger partial charge in [0.2, 0.25) is 0 Å². The van der Waals surface area contributed by atoms with Gasteiger partial charge in [-0.3, -0.25) is 15.5 Å². The number of benzene rings is 2. The van der Waals surface area contributed by atoms with Crippen molar-refractivity contribution < 1.29 is 9.66 Å². The number of hydrazone groups is 1. The van der Waals surface area contributed by atoms with E-state index in [-0.39, 0.29) is 5.69 Å². The van der Waals surface area contributed by atoms with E-state index in [4.69, 9.17) is 4.74 Å². The van der Waals surface area contributed by atoms with E-state index < -0.39 is 4.92 Å². The monoisotopic (exact) mass is 326 g/mol. The summed E-state index contributed by atoms with van der Waals surface area (Å²) in [5.41, 5.74) is 5.76. The van der Waals surface area contributed by atoms with Crippen molar-refractivity contribution in [1.82, 2.24) is 0 Å². The minimum Gasteiger partial charge on any atom is -0.378 e. The number of nitrogens with zero attached hydrogens (tertiary/aromatic N) is 3. The first-order valence-corrected chi connectivity index (χ1v) is 7.69. The van der Waals surface area contributed by atoms with Crippen LogP contribution in [0.4, 0.5) is 17.1 Å². The van der Waals surface area contributed by atoms with Gasteiger partial charge >= 0.3 is 0 Å². The molecule has 0 atom stereocenters. The quantitative estimate of drug-likeness (QED) is 0.519. The number of hydrogen-bond donors (Lipinski definition) is 1. The Morgan fingerprint density at radius 2 is 1.75 bits per heavy atom. The van der Waals surface area contributed by atoms with Crippen molar-refractivity contribution in [2.75, 3.05) is 36.6 Å². The van der Waals surface area contributed by atoms with Crippen molar-refractivity contribution in [3.8, 4) is 0 Å². The molecule has 124 valence electrons. The van der Waals surface area contributed by atoms with E-state index in [2.05, 4.69) is 27.6 Å². The minimum absolute atomic E-state index is 0.0585. The molecule has 0 aromatic heterocycles. The molecule has 1 fully saturated rings. The molecule has 1 saturated heterocycles. The molecule has 0 radical (unpaired) electrons. The van der Waals surface area contributed by atoms with Crippen molar-refractivity contribution in [2.45, 2.75) is 0 Å². The van der Waals surface area contributed by atoms with E-state index >= 15 is 0 Å². The zero-order valence-corrected chi connectivity index (χ0v) is 13.1. The Bertz CT molecular complexity index is 708. The second kappa shape index (κ2) is 7.56. The molecule has 3 rings (SSSR count). The Morgan fingerprint density at radius 1 is 1.08 bits per heavy atom. The minimum atomic E-state index is -0.428. The van der Waals surface area contributed by atoms with Crippen LogP contribution in [0.25, 0.3) is 0 Å². The summed E-state index contributed by atoms with van der Waals surface area (Å²) in [4.78, 5) is 12.5. The molecule has 1 aliphatic rings. The first-order valence-electron chi connectivity index (χ1n) is 7.69. The molecule has 2 aromatic carbocycles. The fourth-order valence-electron chi connectivity index (χ4n) is 2.43. The third kappa shape index (κ3) is 4.08. The smallest absolute Gasteiger partial charge is 0.269 e. The highest BCUT2D eigenvalue weighted by Crippen LogP contribution is 2.17. The van der Waals surface area contributed by atoms with E-state index in [1.165, 1.54) is 17.8 Å². The lowest BCUT2D eigenvalue weighted by molar-refractivity contribution is -0.384. The van der Waals surface area contributed by atoms with E-state index in [0.717, 1.165) is 31.9 Å². The summed E-state index contributed by atoms with van der Waals surface area (Å²) in [5.74, 6) is 0. The normalized spacial score (nSPS) is 14.8. The van der Waals surface area contributed by atoms with Gasteiger partial charge in [0.25, 0.3) is 5.69 Å². The molecule has 0 bridgehead atoms. The summed E-state index contributed by atoms with van der Waals surface area (Å²) in [5, 5.41) is 14.7. The van der Waals surface area contributed by atoms with Crippen LogP contribution in [0.5, 0.6) is 0 Å². The summed E-state index contributed by atoms with van der Waals surface area (Å²) in [6.07, 6.45) is 1.71. The van der Waals surface area contributed by atoms with Gasteiger partial charge in [-0.25, -0.2) is 0 Å². The lowest BCUT2D eigenvalue weighted by Crippen LogP contribution is -2.36. The van der Waals surface area contributed by atoms with E-state index in [0.29, 0.717) is 5.69 Å². The van der Waals surface area contributed by atoms with E-state index in [1.807, 2.05) is 12.1 Å². The Labute approximate surface area is 139 Å². The van der Waals surface area contributed by atoms with Crippen LogP contribution in [0.2, 0.25) is 0 Å². The van der Waals surface area contributed by atoms with Crippen molar-refractivity contribution >= 4 is 23.3 Å². The number of nitrogens with one attached hydrogen (secondary N) is 1. The molecule has 7 heteroatoms. The molecular weight excluding hydrogens is 308 g/mol. The largest absolute Gasteiger partial charge is 0.378 e. The molecule has 0 aliphatic carbocycles. The SMILES string of the molecule is O=[N+]([O-])c1ccc(N/N=C\c2ccc(N3CCOCC3)cc2)cc1. The van der Waals surface area contributed by atoms with Crippen molar-refractivity contribution in [1.29, 1.82) is 0 Å². The van der Waals surface area contributed by atoms with Crippen molar-refractivity contribution in [2.24, 2.45) is 5.10 Å². The third-order valence-corrected chi connectivity index (χ3v) is 3.75. The van der Waals surface area contributed by atoms with Gasteiger partial charge in [0, 0.05) is 30.9 Å². The molecular formula is C17H18N4O3. The van der Waals surface area contributed by atoms with Gasteiger partial charge in [-0.15, -0.1) is 0 Å². The van der Waals surface area contributed by atoms with Gasteiger partial charge in [-0.2, -0.15) is 5.10 Å². The zero-order valence-electron chi connectivity index (χ0n) is 13.1. The second-order valence-corrected chi connectivity index (χ2v) is 5.36. The molecule has 1 heterocycles. The van der Waals surface area contributed by atoms with Gasteiger partial charge < -0.3 is 9.64 Å². The van der Waals surface area contributed by atoms with Crippen LogP contribution < -0.4 is 10.3 Å². The summed E-state index contributed by atoms with van der Waals surface area (Å²) in [6, 6.07) is 14.3. The maximum Gasteiger partial charge on any atom is 0.269 e. The molecule has 2 aromatic rings. The van der Waals surface area contributed by atoms with Gasteiger partial charge in [-0.05, 0) is 29.8 Å². The topological polar surface area (TPSA) is 80.0 Å². The zero-order chi connectivity index (χ0) is 16.8. The molecule has 1 aliphatic heterocycles. The summed E-state index contributed by atoms with van der Waals surface area (Å²) in [7, 11) is 0. The third-order valence-electron chi connectivity index (χ3n) is 3.75. The van der Waals surface area contributed by atoms with Gasteiger partial charge in [0.05, 0.1) is 30.0 Å². The molecule has 24 heavy (non-hydrogen) atoms. The van der Waals surface area contributed by atoms with Crippen molar-refractivity contribution in [3.05, 3.63) is 64.2 Å². The maximum atomic E-state index is 10.6. The molecule has 0 amide bonds. The first-order chi connectivity index (χ1) is 11.7. The molecule has 0 unspecified atom stereocenters. The number of hydrogen-bond acceptors (Lipinski definition) is 6. The molecule has 7 nitrogen and oxygen atoms in total. The highest BCUT2D eigenvalue weighted by atomic mass is 16.6. The summed E-state index contributed by atoms with van der Waals surface area (Å²) >= 11 is 0. The number of anilines is 2. The highest BCUT2D eigenvalue weighted by Gasteiger charge is 2.10. The standard InChI is InChI=1S/C17H18N4O3/c22-21(23)17-7-3-15(4-8-17)19-18-13-14-1-5-16(6-2-14)20-9-11-24-12-10-20/h1-8,13,19H,9-12H2/b18-13-. The van der Waals surface area contributed by atoms with Gasteiger partial charge in [0.15, 0.2) is 0 Å². The average molecular weight is 326 g/mol. The molecule has 0 saturated carbocycles. The van der Waals surface area contributed by atoms with E-state index in [1.54, 1.807) is 18.3 Å². The Balaban J connectivity index is 1.57. The molecule has 0 spiro atoms. The lowest BCUT2D eigenvalue weighted by atomic mass is 10.2. The number of nitro benzene ring substituents is 1. The Hall–Kier alpha value is -2.93. The predicted molar refractivity (Wildman–Crippen MR) is 93.8 cm³/mol. The lowest BCUT2D eigenvalue weighted by Gasteiger charge is -2.28. The van der Waals surface area contributed by atoms with Crippen LogP contribution in [-0.2, 0) is 4.74 Å². The van der Waals surface area contributed by atoms with Gasteiger partial charge in [-0.1, -0.05) is 12.1 Å². The van der Waals surface area contributed by atoms with Crippen LogP contribution in [-0.4, -0.2) is 37.4 Å². The number of ether oxygens (including phenoxy) is 1. The fourth-order valence-corrected chi connectivity index (χ4v) is 2.43. The van der Waals surface area contributed by atoms with E-state index in [9.17, 15) is 10.1 Å². The van der Waals surface area contributed by atoms with Gasteiger partial charge in [0.1, 0.15) is 0 Å². The van der Waals surface area contributed by atoms with Crippen LogP contribution >= 0.6 is 0 Å². The number of nitro groups is 1. The number of morpholine rings is 1. The maximum absolute atomic E-state index is 10.6. The first kappa shape index (κ1) is 15.9. The van der Waals surface area contributed by atoms with Crippen LogP contribution in [0.1, 0.15) is 5.56 Å². The average Bonchev–Trinajstić information content (AvgIpc) is 2.63. The number of non-ortho nitro benzene ring substituents is 1. The van der Waals surface area contributed by atoms with Crippen LogP contribution in [0.15, 0.2) is 53.6 Å². The van der Waals surface area contributed by atoms with Crippen LogP contribution in [0, 0.1) is 10.1 Å². The van der Waals surface area contributed by atoms with Crippen molar-refractivity contribution in [3.63, 3.8) is 0 Å². The predicted octanol–water partition coefficient (Wildman–Crippen LogP) is 2.88. The highest BCUT2D eigenvalue weighted by molar-refractivity contribution is 5.81. The number of rotatable bonds is 5. The second-order valence-electron chi connectivity index (χ2n) is 5.36. The molecule has 1 N–H and O–H groups in total. The summed E-state index contributed by atoms with van der Waals surface area (Å²) in [6.45, 7) is 3.36.